The fraction of sp³-hybridized carbons (Fsp3) is 0.733. The fourth-order valence-corrected chi connectivity index (χ4v) is 4.14. The average molecular weight is 268 g/mol. The van der Waals surface area contributed by atoms with Gasteiger partial charge in [0.2, 0.25) is 0 Å². The molecule has 1 aromatic heterocycles. The smallest absolute Gasteiger partial charge is 0.0938 e. The van der Waals surface area contributed by atoms with E-state index in [1.165, 1.54) is 10.4 Å². The van der Waals surface area contributed by atoms with Crippen molar-refractivity contribution in [1.29, 1.82) is 0 Å². The molecule has 0 radical (unpaired) electrons. The number of rotatable bonds is 2. The van der Waals surface area contributed by atoms with E-state index in [2.05, 4.69) is 47.6 Å². The number of hydrogen-bond acceptors (Lipinski definition) is 3. The number of hydrogen-bond donors (Lipinski definition) is 1. The number of aryl methyl sites for hydroxylation is 2. The first-order valence-electron chi connectivity index (χ1n) is 6.57. The third-order valence-electron chi connectivity index (χ3n) is 4.00. The van der Waals surface area contributed by atoms with Crippen LogP contribution in [0.25, 0.3) is 0 Å². The molecule has 1 aliphatic heterocycles. The molecule has 1 N–H and O–H groups in total. The van der Waals surface area contributed by atoms with Crippen molar-refractivity contribution >= 4 is 11.3 Å². The molecular formula is C15H24O2S. The van der Waals surface area contributed by atoms with E-state index in [0.29, 0.717) is 0 Å². The molecule has 3 heteroatoms. The van der Waals surface area contributed by atoms with Crippen LogP contribution in [0, 0.1) is 19.8 Å². The van der Waals surface area contributed by atoms with Crippen molar-refractivity contribution in [3.8, 4) is 0 Å². The van der Waals surface area contributed by atoms with Gasteiger partial charge in [0.05, 0.1) is 17.3 Å². The Balaban J connectivity index is 2.26. The van der Waals surface area contributed by atoms with E-state index in [-0.39, 0.29) is 17.1 Å². The highest BCUT2D eigenvalue weighted by Crippen LogP contribution is 2.48. The third-order valence-corrected chi connectivity index (χ3v) is 5.22. The summed E-state index contributed by atoms with van der Waals surface area (Å²) in [6.45, 7) is 12.6. The van der Waals surface area contributed by atoms with Crippen LogP contribution in [0.15, 0.2) is 6.07 Å². The van der Waals surface area contributed by atoms with Crippen molar-refractivity contribution in [2.24, 2.45) is 5.92 Å². The van der Waals surface area contributed by atoms with Gasteiger partial charge in [0.25, 0.3) is 0 Å². The minimum absolute atomic E-state index is 0.142. The lowest BCUT2D eigenvalue weighted by Crippen LogP contribution is -2.32. The Morgan fingerprint density at radius 2 is 1.94 bits per heavy atom. The van der Waals surface area contributed by atoms with Crippen LogP contribution in [0.5, 0.6) is 0 Å². The SMILES string of the molecule is Cc1cc(C(O)C2CC(C)(C)OC2(C)C)sc1C. The molecule has 102 valence electrons. The molecular weight excluding hydrogens is 244 g/mol. The van der Waals surface area contributed by atoms with Gasteiger partial charge in [-0.1, -0.05) is 0 Å². The second-order valence-corrected chi connectivity index (χ2v) is 7.90. The van der Waals surface area contributed by atoms with Gasteiger partial charge in [0.1, 0.15) is 0 Å². The quantitative estimate of drug-likeness (QED) is 0.878. The first kappa shape index (κ1) is 14.0. The van der Waals surface area contributed by atoms with Crippen LogP contribution in [-0.2, 0) is 4.74 Å². The molecule has 1 aromatic rings. The molecule has 0 aliphatic carbocycles. The summed E-state index contributed by atoms with van der Waals surface area (Å²) in [6, 6.07) is 2.12. The Morgan fingerprint density at radius 1 is 1.33 bits per heavy atom. The Kier molecular flexibility index (Phi) is 3.37. The zero-order chi connectivity index (χ0) is 13.7. The summed E-state index contributed by atoms with van der Waals surface area (Å²) in [5.41, 5.74) is 0.857. The molecule has 0 amide bonds. The highest BCUT2D eigenvalue weighted by molar-refractivity contribution is 7.12. The van der Waals surface area contributed by atoms with Crippen molar-refractivity contribution in [2.75, 3.05) is 0 Å². The van der Waals surface area contributed by atoms with Gasteiger partial charge >= 0.3 is 0 Å². The molecule has 0 bridgehead atoms. The predicted molar refractivity (Wildman–Crippen MR) is 76.1 cm³/mol. The van der Waals surface area contributed by atoms with Gasteiger partial charge in [-0.15, -0.1) is 11.3 Å². The van der Waals surface area contributed by atoms with E-state index in [0.717, 1.165) is 11.3 Å². The van der Waals surface area contributed by atoms with E-state index in [1.54, 1.807) is 11.3 Å². The van der Waals surface area contributed by atoms with E-state index in [1.807, 2.05) is 0 Å². The van der Waals surface area contributed by atoms with Crippen LogP contribution in [0.4, 0.5) is 0 Å². The maximum atomic E-state index is 10.7. The van der Waals surface area contributed by atoms with Crippen LogP contribution >= 0.6 is 11.3 Å². The lowest BCUT2D eigenvalue weighted by atomic mass is 9.82. The molecule has 2 atom stereocenters. The molecule has 0 spiro atoms. The van der Waals surface area contributed by atoms with Crippen molar-refractivity contribution in [1.82, 2.24) is 0 Å². The summed E-state index contributed by atoms with van der Waals surface area (Å²) >= 11 is 1.70. The first-order chi connectivity index (χ1) is 8.12. The second-order valence-electron chi connectivity index (χ2n) is 6.61. The normalized spacial score (nSPS) is 27.4. The summed E-state index contributed by atoms with van der Waals surface area (Å²) in [7, 11) is 0. The summed E-state index contributed by atoms with van der Waals surface area (Å²) in [5, 5.41) is 10.7. The largest absolute Gasteiger partial charge is 0.387 e. The van der Waals surface area contributed by atoms with Gasteiger partial charge < -0.3 is 9.84 Å². The van der Waals surface area contributed by atoms with E-state index in [4.69, 9.17) is 4.74 Å². The topological polar surface area (TPSA) is 29.5 Å². The molecule has 1 fully saturated rings. The van der Waals surface area contributed by atoms with Gasteiger partial charge in [-0.25, -0.2) is 0 Å². The van der Waals surface area contributed by atoms with Crippen molar-refractivity contribution in [3.05, 3.63) is 21.4 Å². The number of aliphatic hydroxyl groups is 1. The maximum Gasteiger partial charge on any atom is 0.0938 e. The highest BCUT2D eigenvalue weighted by Gasteiger charge is 2.49. The summed E-state index contributed by atoms with van der Waals surface area (Å²) < 4.78 is 6.07. The average Bonchev–Trinajstić information content (AvgIpc) is 2.63. The van der Waals surface area contributed by atoms with Crippen LogP contribution in [0.3, 0.4) is 0 Å². The molecule has 2 heterocycles. The third kappa shape index (κ3) is 2.49. The minimum atomic E-state index is -0.417. The number of ether oxygens (including phenoxy) is 1. The van der Waals surface area contributed by atoms with Gasteiger partial charge in [0.15, 0.2) is 0 Å². The lowest BCUT2D eigenvalue weighted by molar-refractivity contribution is -0.0877. The van der Waals surface area contributed by atoms with E-state index < -0.39 is 6.10 Å². The van der Waals surface area contributed by atoms with Crippen molar-refractivity contribution < 1.29 is 9.84 Å². The zero-order valence-electron chi connectivity index (χ0n) is 12.2. The Morgan fingerprint density at radius 3 is 2.33 bits per heavy atom. The monoisotopic (exact) mass is 268 g/mol. The van der Waals surface area contributed by atoms with Crippen LogP contribution in [0.2, 0.25) is 0 Å². The lowest BCUT2D eigenvalue weighted by Gasteiger charge is -2.29. The summed E-state index contributed by atoms with van der Waals surface area (Å²) in [4.78, 5) is 2.37. The van der Waals surface area contributed by atoms with Crippen molar-refractivity contribution in [3.63, 3.8) is 0 Å². The Labute approximate surface area is 114 Å². The van der Waals surface area contributed by atoms with Crippen LogP contribution < -0.4 is 0 Å². The molecule has 18 heavy (non-hydrogen) atoms. The molecule has 2 nitrogen and oxygen atoms in total. The first-order valence-corrected chi connectivity index (χ1v) is 7.39. The molecule has 1 saturated heterocycles. The van der Waals surface area contributed by atoms with Gasteiger partial charge in [-0.05, 0) is 59.6 Å². The van der Waals surface area contributed by atoms with Crippen LogP contribution in [0.1, 0.15) is 55.5 Å². The standard InChI is InChI=1S/C15H24O2S/c1-9-7-12(18-10(9)2)13(16)11-8-14(3,4)17-15(11,5)6/h7,11,13,16H,8H2,1-6H3. The van der Waals surface area contributed by atoms with Gasteiger partial charge in [0, 0.05) is 15.7 Å². The Hall–Kier alpha value is -0.380. The minimum Gasteiger partial charge on any atom is -0.387 e. The molecule has 0 aromatic carbocycles. The van der Waals surface area contributed by atoms with E-state index >= 15 is 0 Å². The zero-order valence-corrected chi connectivity index (χ0v) is 13.0. The van der Waals surface area contributed by atoms with Gasteiger partial charge in [-0.3, -0.25) is 0 Å². The highest BCUT2D eigenvalue weighted by atomic mass is 32.1. The van der Waals surface area contributed by atoms with Gasteiger partial charge in [-0.2, -0.15) is 0 Å². The molecule has 2 rings (SSSR count). The fourth-order valence-electron chi connectivity index (χ4n) is 3.04. The molecule has 0 saturated carbocycles. The second kappa shape index (κ2) is 4.32. The molecule has 1 aliphatic rings. The number of aliphatic hydroxyl groups excluding tert-OH is 1. The van der Waals surface area contributed by atoms with E-state index in [9.17, 15) is 5.11 Å². The predicted octanol–water partition coefficient (Wildman–Crippen LogP) is 3.99. The van der Waals surface area contributed by atoms with Crippen LogP contribution in [-0.4, -0.2) is 16.3 Å². The molecule has 2 unspecified atom stereocenters. The van der Waals surface area contributed by atoms with Crippen molar-refractivity contribution in [2.45, 2.75) is 65.3 Å². The summed E-state index contributed by atoms with van der Waals surface area (Å²) in [5.74, 6) is 0.157. The summed E-state index contributed by atoms with van der Waals surface area (Å²) in [6.07, 6.45) is 0.483. The Bertz CT molecular complexity index is 426. The maximum absolute atomic E-state index is 10.7. The number of thiophene rings is 1.